The van der Waals surface area contributed by atoms with E-state index in [1.165, 1.54) is 12.8 Å². The summed E-state index contributed by atoms with van der Waals surface area (Å²) in [5.74, 6) is 4.74. The van der Waals surface area contributed by atoms with E-state index in [-0.39, 0.29) is 0 Å². The number of hydrogen-bond acceptors (Lipinski definition) is 6. The average Bonchev–Trinajstić information content (AvgIpc) is 4.04. The Labute approximate surface area is 314 Å². The van der Waals surface area contributed by atoms with E-state index in [1.54, 1.807) is 0 Å². The van der Waals surface area contributed by atoms with Gasteiger partial charge in [0.25, 0.3) is 0 Å². The van der Waals surface area contributed by atoms with Gasteiger partial charge in [-0.3, -0.25) is 9.80 Å². The SMILES string of the molecule is C1=CCC(CN(Cc2nc3ccccc3[nH]2)Cc2nc3ccccc3[nH]2)CC1.C1=CCC(N(Cc2nc3ccccc3[nH]2)Cc2nc3ccccc3[nH]2)C1. The summed E-state index contributed by atoms with van der Waals surface area (Å²) in [6.07, 6.45) is 15.0. The number of fused-ring (bicyclic) bond motifs is 4. The smallest absolute Gasteiger partial charge is 0.121 e. The molecule has 0 aliphatic heterocycles. The molecule has 0 spiro atoms. The highest BCUT2D eigenvalue weighted by Crippen LogP contribution is 2.24. The summed E-state index contributed by atoms with van der Waals surface area (Å²) in [6, 6.07) is 33.3. The van der Waals surface area contributed by atoms with Crippen molar-refractivity contribution in [3.8, 4) is 0 Å². The number of nitrogens with one attached hydrogen (secondary N) is 4. The van der Waals surface area contributed by atoms with Gasteiger partial charge >= 0.3 is 0 Å². The lowest BCUT2D eigenvalue weighted by atomic mass is 9.94. The molecule has 10 nitrogen and oxygen atoms in total. The van der Waals surface area contributed by atoms with Crippen LogP contribution in [0.25, 0.3) is 44.1 Å². The van der Waals surface area contributed by atoms with Crippen LogP contribution in [0.1, 0.15) is 55.4 Å². The van der Waals surface area contributed by atoms with E-state index < -0.39 is 0 Å². The van der Waals surface area contributed by atoms with Crippen LogP contribution in [0.4, 0.5) is 0 Å². The summed E-state index contributed by atoms with van der Waals surface area (Å²) in [5, 5.41) is 0. The van der Waals surface area contributed by atoms with E-state index in [4.69, 9.17) is 19.9 Å². The topological polar surface area (TPSA) is 121 Å². The monoisotopic (exact) mass is 714 g/mol. The molecule has 10 heteroatoms. The second-order valence-electron chi connectivity index (χ2n) is 14.6. The second kappa shape index (κ2) is 15.6. The van der Waals surface area contributed by atoms with Crippen LogP contribution in [0.5, 0.6) is 0 Å². The fraction of sp³-hybridized carbons (Fsp3) is 0.273. The number of imidazole rings is 4. The zero-order chi connectivity index (χ0) is 36.1. The van der Waals surface area contributed by atoms with Crippen LogP contribution in [-0.2, 0) is 26.2 Å². The van der Waals surface area contributed by atoms with E-state index in [0.29, 0.717) is 12.0 Å². The molecule has 0 bridgehead atoms. The molecule has 4 aromatic carbocycles. The molecule has 8 aromatic rings. The van der Waals surface area contributed by atoms with Crippen molar-refractivity contribution in [2.75, 3.05) is 6.54 Å². The summed E-state index contributed by atoms with van der Waals surface area (Å²) >= 11 is 0. The minimum absolute atomic E-state index is 0.497. The Hall–Kier alpha value is -5.84. The zero-order valence-corrected chi connectivity index (χ0v) is 30.5. The molecule has 0 fully saturated rings. The summed E-state index contributed by atoms with van der Waals surface area (Å²) in [5.41, 5.74) is 8.49. The number of rotatable bonds is 11. The predicted molar refractivity (Wildman–Crippen MR) is 216 cm³/mol. The highest BCUT2D eigenvalue weighted by atomic mass is 15.2. The van der Waals surface area contributed by atoms with Gasteiger partial charge < -0.3 is 19.9 Å². The minimum Gasteiger partial charge on any atom is -0.341 e. The molecule has 10 rings (SSSR count). The number of nitrogens with zero attached hydrogens (tertiary/aromatic N) is 6. The van der Waals surface area contributed by atoms with Gasteiger partial charge in [0.15, 0.2) is 0 Å². The molecule has 54 heavy (non-hydrogen) atoms. The molecule has 1 atom stereocenters. The Kier molecular flexibility index (Phi) is 9.84. The van der Waals surface area contributed by atoms with Crippen molar-refractivity contribution < 1.29 is 0 Å². The van der Waals surface area contributed by atoms with Gasteiger partial charge in [0.05, 0.1) is 70.3 Å². The van der Waals surface area contributed by atoms with Crippen LogP contribution in [0, 0.1) is 5.92 Å². The Morgan fingerprint density at radius 2 is 0.852 bits per heavy atom. The quantitative estimate of drug-likeness (QED) is 0.0993. The standard InChI is InChI=1S/C23H25N5.C21H21N5/c1-2-8-17(9-3-1)14-28(15-22-24-18-10-4-5-11-19(18)25-22)16-23-26-20-12-6-7-13-21(20)27-23;1-2-8-15(7-1)26(13-20-22-16-9-3-4-10-17(16)23-20)14-21-24-18-11-5-6-12-19(18)25-21/h1-2,4-7,10-13,17H,3,8-9,14-16H2,(H,24,25)(H,26,27);1-6,9-12,15H,7-8,13-14H2,(H,22,23)(H,24,25). The van der Waals surface area contributed by atoms with Crippen LogP contribution in [0.2, 0.25) is 0 Å². The number of para-hydroxylation sites is 8. The average molecular weight is 715 g/mol. The van der Waals surface area contributed by atoms with Crippen LogP contribution >= 0.6 is 0 Å². The van der Waals surface area contributed by atoms with Crippen molar-refractivity contribution in [3.63, 3.8) is 0 Å². The van der Waals surface area contributed by atoms with Crippen molar-refractivity contribution in [3.05, 3.63) is 145 Å². The van der Waals surface area contributed by atoms with Crippen LogP contribution in [-0.4, -0.2) is 62.3 Å². The van der Waals surface area contributed by atoms with Gasteiger partial charge in [-0.1, -0.05) is 72.8 Å². The van der Waals surface area contributed by atoms with E-state index in [2.05, 4.69) is 103 Å². The molecule has 4 N–H and O–H groups in total. The van der Waals surface area contributed by atoms with E-state index in [0.717, 1.165) is 119 Å². The molecule has 4 aromatic heterocycles. The molecule has 1 unspecified atom stereocenters. The van der Waals surface area contributed by atoms with Crippen LogP contribution in [0.3, 0.4) is 0 Å². The number of aromatic nitrogens is 8. The van der Waals surface area contributed by atoms with Gasteiger partial charge in [-0.2, -0.15) is 0 Å². The molecule has 0 radical (unpaired) electrons. The first-order valence-corrected chi connectivity index (χ1v) is 19.2. The number of hydrogen-bond donors (Lipinski definition) is 4. The zero-order valence-electron chi connectivity index (χ0n) is 30.5. The fourth-order valence-corrected chi connectivity index (χ4v) is 7.92. The Bertz CT molecular complexity index is 2240. The Morgan fingerprint density at radius 3 is 1.24 bits per heavy atom. The minimum atomic E-state index is 0.497. The summed E-state index contributed by atoms with van der Waals surface area (Å²) in [7, 11) is 0. The number of benzene rings is 4. The summed E-state index contributed by atoms with van der Waals surface area (Å²) < 4.78 is 0. The lowest BCUT2D eigenvalue weighted by Gasteiger charge is -2.27. The molecule has 0 saturated carbocycles. The predicted octanol–water partition coefficient (Wildman–Crippen LogP) is 8.96. The normalized spacial score (nSPS) is 16.1. The number of H-pyrrole nitrogens is 4. The van der Waals surface area contributed by atoms with E-state index in [9.17, 15) is 0 Å². The van der Waals surface area contributed by atoms with Crippen LogP contribution in [0.15, 0.2) is 121 Å². The van der Waals surface area contributed by atoms with Gasteiger partial charge in [0.1, 0.15) is 23.3 Å². The van der Waals surface area contributed by atoms with Gasteiger partial charge in [-0.05, 0) is 86.6 Å². The molecule has 4 heterocycles. The first-order chi connectivity index (χ1) is 26.7. The molecular formula is C44H46N10. The Morgan fingerprint density at radius 1 is 0.463 bits per heavy atom. The lowest BCUT2D eigenvalue weighted by molar-refractivity contribution is 0.177. The highest BCUT2D eigenvalue weighted by Gasteiger charge is 2.23. The van der Waals surface area contributed by atoms with Crippen molar-refractivity contribution in [2.45, 2.75) is 64.3 Å². The van der Waals surface area contributed by atoms with Gasteiger partial charge in [-0.15, -0.1) is 0 Å². The Balaban J connectivity index is 0.000000143. The van der Waals surface area contributed by atoms with E-state index >= 15 is 0 Å². The molecule has 2 aliphatic rings. The second-order valence-corrected chi connectivity index (χ2v) is 14.6. The van der Waals surface area contributed by atoms with Crippen molar-refractivity contribution in [2.24, 2.45) is 5.92 Å². The molecule has 0 amide bonds. The maximum Gasteiger partial charge on any atom is 0.121 e. The summed E-state index contributed by atoms with van der Waals surface area (Å²) in [6.45, 7) is 4.23. The molecule has 2 aliphatic carbocycles. The largest absolute Gasteiger partial charge is 0.341 e. The van der Waals surface area contributed by atoms with Gasteiger partial charge in [-0.25, -0.2) is 19.9 Å². The first kappa shape index (κ1) is 34.0. The third-order valence-electron chi connectivity index (χ3n) is 10.6. The molecule has 0 saturated heterocycles. The van der Waals surface area contributed by atoms with Crippen LogP contribution < -0.4 is 0 Å². The first-order valence-electron chi connectivity index (χ1n) is 19.2. The number of aromatic amines is 4. The van der Waals surface area contributed by atoms with Gasteiger partial charge in [0, 0.05) is 12.6 Å². The molecule has 272 valence electrons. The van der Waals surface area contributed by atoms with E-state index in [1.807, 2.05) is 48.5 Å². The maximum atomic E-state index is 4.79. The number of allylic oxidation sites excluding steroid dienone is 2. The third-order valence-corrected chi connectivity index (χ3v) is 10.6. The van der Waals surface area contributed by atoms with Crippen molar-refractivity contribution in [1.29, 1.82) is 0 Å². The van der Waals surface area contributed by atoms with Crippen molar-refractivity contribution in [1.82, 2.24) is 49.7 Å². The third kappa shape index (κ3) is 7.90. The molecular weight excluding hydrogens is 669 g/mol. The van der Waals surface area contributed by atoms with Gasteiger partial charge in [0.2, 0.25) is 0 Å². The highest BCUT2D eigenvalue weighted by molar-refractivity contribution is 5.76. The maximum absolute atomic E-state index is 4.79. The fourth-order valence-electron chi connectivity index (χ4n) is 7.92. The summed E-state index contributed by atoms with van der Waals surface area (Å²) in [4.78, 5) is 37.9. The van der Waals surface area contributed by atoms with Crippen molar-refractivity contribution >= 4 is 44.1 Å². The lowest BCUT2D eigenvalue weighted by Crippen LogP contribution is -2.33.